The summed E-state index contributed by atoms with van der Waals surface area (Å²) in [6, 6.07) is 9.23. The molecule has 2 heterocycles. The van der Waals surface area contributed by atoms with Gasteiger partial charge in [0.1, 0.15) is 10.4 Å². The molecule has 0 aliphatic heterocycles. The van der Waals surface area contributed by atoms with E-state index in [1.807, 2.05) is 29.6 Å². The van der Waals surface area contributed by atoms with Crippen molar-refractivity contribution in [3.8, 4) is 5.75 Å². The van der Waals surface area contributed by atoms with Gasteiger partial charge in [0.25, 0.3) is 5.56 Å². The van der Waals surface area contributed by atoms with Crippen LogP contribution in [0.25, 0.3) is 10.2 Å². The number of para-hydroxylation sites is 2. The van der Waals surface area contributed by atoms with Crippen molar-refractivity contribution in [2.75, 3.05) is 12.3 Å². The lowest BCUT2D eigenvalue weighted by Crippen LogP contribution is -2.20. The normalized spacial score (nSPS) is 10.9. The molecule has 0 fully saturated rings. The molecule has 0 aliphatic carbocycles. The molecule has 0 unspecified atom stereocenters. The van der Waals surface area contributed by atoms with Crippen molar-refractivity contribution in [3.63, 3.8) is 0 Å². The molecule has 21 heavy (non-hydrogen) atoms. The topological polar surface area (TPSA) is 70.1 Å². The van der Waals surface area contributed by atoms with Gasteiger partial charge >= 0.3 is 0 Å². The lowest BCUT2D eigenvalue weighted by Gasteiger charge is -2.09. The molecule has 5 nitrogen and oxygen atoms in total. The quantitative estimate of drug-likeness (QED) is 0.580. The number of nitrogen functional groups attached to an aromatic ring is 1. The van der Waals surface area contributed by atoms with E-state index in [0.717, 1.165) is 5.52 Å². The average Bonchev–Trinajstić information content (AvgIpc) is 2.97. The second-order valence-electron chi connectivity index (χ2n) is 4.62. The Morgan fingerprint density at radius 3 is 3.00 bits per heavy atom. The zero-order valence-electron chi connectivity index (χ0n) is 11.4. The third-order valence-corrected chi connectivity index (χ3v) is 4.05. The molecular formula is C15H15N3O2S. The van der Waals surface area contributed by atoms with Crippen molar-refractivity contribution in [1.29, 1.82) is 0 Å². The third kappa shape index (κ3) is 2.90. The maximum Gasteiger partial charge on any atom is 0.271 e. The highest BCUT2D eigenvalue weighted by Gasteiger charge is 2.05. The summed E-state index contributed by atoms with van der Waals surface area (Å²) in [7, 11) is 0. The maximum atomic E-state index is 12.2. The minimum absolute atomic E-state index is 0.00854. The molecular weight excluding hydrogens is 286 g/mol. The summed E-state index contributed by atoms with van der Waals surface area (Å²) >= 11 is 1.42. The number of nitrogens with zero attached hydrogens (tertiary/aromatic N) is 2. The summed E-state index contributed by atoms with van der Waals surface area (Å²) in [5, 5.41) is 1.88. The smallest absolute Gasteiger partial charge is 0.271 e. The number of aryl methyl sites for hydroxylation is 1. The third-order valence-electron chi connectivity index (χ3n) is 3.16. The van der Waals surface area contributed by atoms with Gasteiger partial charge in [-0.1, -0.05) is 12.1 Å². The van der Waals surface area contributed by atoms with Crippen LogP contribution in [0.1, 0.15) is 6.42 Å². The van der Waals surface area contributed by atoms with E-state index in [2.05, 4.69) is 4.98 Å². The van der Waals surface area contributed by atoms with E-state index < -0.39 is 0 Å². The highest BCUT2D eigenvalue weighted by atomic mass is 32.1. The van der Waals surface area contributed by atoms with Gasteiger partial charge in [0, 0.05) is 6.54 Å². The number of aromatic nitrogens is 2. The molecule has 0 spiro atoms. The molecule has 0 bridgehead atoms. The molecule has 3 rings (SSSR count). The van der Waals surface area contributed by atoms with Crippen molar-refractivity contribution in [2.24, 2.45) is 0 Å². The molecule has 1 aromatic carbocycles. The molecule has 6 heteroatoms. The Kier molecular flexibility index (Phi) is 3.87. The molecule has 0 saturated carbocycles. The number of nitrogens with two attached hydrogens (primary N) is 1. The first-order valence-corrected chi connectivity index (χ1v) is 7.53. The zero-order valence-corrected chi connectivity index (χ0v) is 12.2. The first kappa shape index (κ1) is 13.6. The Morgan fingerprint density at radius 1 is 1.29 bits per heavy atom. The standard InChI is InChI=1S/C15H15N3O2S/c16-11-4-1-2-5-13(11)20-8-3-7-18-10-17-12-6-9-21-14(12)15(18)19/h1-2,4-6,9-10H,3,7-8,16H2. The molecule has 0 radical (unpaired) electrons. The predicted molar refractivity (Wildman–Crippen MR) is 84.8 cm³/mol. The van der Waals surface area contributed by atoms with Gasteiger partial charge < -0.3 is 10.5 Å². The van der Waals surface area contributed by atoms with E-state index in [9.17, 15) is 4.79 Å². The van der Waals surface area contributed by atoms with Crippen molar-refractivity contribution in [1.82, 2.24) is 9.55 Å². The van der Waals surface area contributed by atoms with Gasteiger partial charge in [-0.15, -0.1) is 11.3 Å². The Hall–Kier alpha value is -2.34. The first-order chi connectivity index (χ1) is 10.3. The second-order valence-corrected chi connectivity index (χ2v) is 5.53. The minimum atomic E-state index is 0.00854. The summed E-state index contributed by atoms with van der Waals surface area (Å²) < 4.78 is 7.93. The van der Waals surface area contributed by atoms with E-state index in [1.165, 1.54) is 11.3 Å². The van der Waals surface area contributed by atoms with Gasteiger partial charge in [-0.2, -0.15) is 0 Å². The summed E-state index contributed by atoms with van der Waals surface area (Å²) in [6.07, 6.45) is 2.31. The first-order valence-electron chi connectivity index (χ1n) is 6.65. The van der Waals surface area contributed by atoms with Crippen LogP contribution in [0.15, 0.2) is 46.8 Å². The summed E-state index contributed by atoms with van der Waals surface area (Å²) in [5.74, 6) is 0.677. The Bertz CT molecular complexity index is 810. The molecule has 2 N–H and O–H groups in total. The fourth-order valence-corrected chi connectivity index (χ4v) is 2.86. The van der Waals surface area contributed by atoms with Crippen LogP contribution in [-0.2, 0) is 6.54 Å². The maximum absolute atomic E-state index is 12.2. The van der Waals surface area contributed by atoms with E-state index in [4.69, 9.17) is 10.5 Å². The van der Waals surface area contributed by atoms with Crippen LogP contribution in [0.3, 0.4) is 0 Å². The van der Waals surface area contributed by atoms with Gasteiger partial charge in [-0.3, -0.25) is 9.36 Å². The van der Waals surface area contributed by atoms with Crippen LogP contribution < -0.4 is 16.0 Å². The molecule has 0 saturated heterocycles. The molecule has 0 amide bonds. The number of hydrogen-bond acceptors (Lipinski definition) is 5. The predicted octanol–water partition coefficient (Wildman–Crippen LogP) is 2.51. The summed E-state index contributed by atoms with van der Waals surface area (Å²) in [4.78, 5) is 16.4. The van der Waals surface area contributed by atoms with Crippen molar-refractivity contribution >= 4 is 27.2 Å². The molecule has 0 atom stereocenters. The van der Waals surface area contributed by atoms with Gasteiger partial charge in [0.15, 0.2) is 0 Å². The summed E-state index contributed by atoms with van der Waals surface area (Å²) in [5.41, 5.74) is 7.19. The van der Waals surface area contributed by atoms with Gasteiger partial charge in [0.2, 0.25) is 0 Å². The number of rotatable bonds is 5. The molecule has 0 aliphatic rings. The molecule has 108 valence electrons. The number of thiophene rings is 1. The van der Waals surface area contributed by atoms with Gasteiger partial charge in [-0.05, 0) is 30.0 Å². The van der Waals surface area contributed by atoms with Crippen LogP contribution in [-0.4, -0.2) is 16.2 Å². The minimum Gasteiger partial charge on any atom is -0.491 e. The zero-order chi connectivity index (χ0) is 14.7. The monoisotopic (exact) mass is 301 g/mol. The van der Waals surface area contributed by atoms with Crippen molar-refractivity contribution in [3.05, 3.63) is 52.4 Å². The second kappa shape index (κ2) is 5.97. The fourth-order valence-electron chi connectivity index (χ4n) is 2.07. The largest absolute Gasteiger partial charge is 0.491 e. The van der Waals surface area contributed by atoms with E-state index in [1.54, 1.807) is 17.0 Å². The van der Waals surface area contributed by atoms with Crippen molar-refractivity contribution in [2.45, 2.75) is 13.0 Å². The molecule has 2 aromatic heterocycles. The number of anilines is 1. The molecule has 3 aromatic rings. The van der Waals surface area contributed by atoms with Crippen LogP contribution in [0.5, 0.6) is 5.75 Å². The van der Waals surface area contributed by atoms with Crippen molar-refractivity contribution < 1.29 is 4.74 Å². The van der Waals surface area contributed by atoms with E-state index >= 15 is 0 Å². The highest BCUT2D eigenvalue weighted by Crippen LogP contribution is 2.19. The van der Waals surface area contributed by atoms with Gasteiger partial charge in [-0.25, -0.2) is 4.98 Å². The fraction of sp³-hybridized carbons (Fsp3) is 0.200. The summed E-state index contributed by atoms with van der Waals surface area (Å²) in [6.45, 7) is 1.08. The number of benzene rings is 1. The SMILES string of the molecule is Nc1ccccc1OCCCn1cnc2ccsc2c1=O. The highest BCUT2D eigenvalue weighted by molar-refractivity contribution is 7.17. The number of hydrogen-bond donors (Lipinski definition) is 1. The van der Waals surface area contributed by atoms with Crippen LogP contribution in [0, 0.1) is 0 Å². The Labute approximate surface area is 125 Å². The van der Waals surface area contributed by atoms with Crippen LogP contribution in [0.4, 0.5) is 5.69 Å². The Balaban J connectivity index is 1.61. The average molecular weight is 301 g/mol. The van der Waals surface area contributed by atoms with Crippen LogP contribution in [0.2, 0.25) is 0 Å². The number of ether oxygens (including phenoxy) is 1. The van der Waals surface area contributed by atoms with Gasteiger partial charge in [0.05, 0.1) is 24.1 Å². The van der Waals surface area contributed by atoms with Crippen LogP contribution >= 0.6 is 11.3 Å². The lowest BCUT2D eigenvalue weighted by atomic mass is 10.3. The lowest BCUT2D eigenvalue weighted by molar-refractivity contribution is 0.302. The Morgan fingerprint density at radius 2 is 2.14 bits per heavy atom. The van der Waals surface area contributed by atoms with E-state index in [-0.39, 0.29) is 5.56 Å². The number of fused-ring (bicyclic) bond motifs is 1. The van der Waals surface area contributed by atoms with E-state index in [0.29, 0.717) is 35.7 Å².